The lowest BCUT2D eigenvalue weighted by molar-refractivity contribution is -0.124. The summed E-state index contributed by atoms with van der Waals surface area (Å²) in [5, 5.41) is 13.8. The highest BCUT2D eigenvalue weighted by molar-refractivity contribution is 5.85. The summed E-state index contributed by atoms with van der Waals surface area (Å²) in [6.07, 6.45) is 0.837. The molecule has 5 nitrogen and oxygen atoms in total. The molecule has 0 fully saturated rings. The molecule has 5 heteroatoms. The quantitative estimate of drug-likeness (QED) is 0.711. The van der Waals surface area contributed by atoms with Crippen molar-refractivity contribution in [1.29, 1.82) is 5.26 Å². The average Bonchev–Trinajstić information content (AvgIpc) is 2.65. The number of benzene rings is 2. The first-order valence-corrected chi connectivity index (χ1v) is 8.56. The zero-order chi connectivity index (χ0) is 18.1. The first-order valence-electron chi connectivity index (χ1n) is 8.56. The zero-order valence-corrected chi connectivity index (χ0v) is 14.7. The second kappa shape index (κ2) is 9.65. The molecule has 132 valence electrons. The number of carbonyl (C=O) groups is 1. The number of carbonyl (C=O) groups excluding carboxylic acids is 1. The van der Waals surface area contributed by atoms with Crippen LogP contribution in [0.15, 0.2) is 36.4 Å². The fraction of sp³-hybridized carbons (Fsp3) is 0.400. The van der Waals surface area contributed by atoms with Gasteiger partial charge in [-0.25, -0.2) is 0 Å². The van der Waals surface area contributed by atoms with E-state index < -0.39 is 0 Å². The van der Waals surface area contributed by atoms with Gasteiger partial charge in [-0.15, -0.1) is 0 Å². The summed E-state index contributed by atoms with van der Waals surface area (Å²) < 4.78 is 11.1. The van der Waals surface area contributed by atoms with Crippen molar-refractivity contribution in [1.82, 2.24) is 5.32 Å². The van der Waals surface area contributed by atoms with E-state index in [9.17, 15) is 4.79 Å². The maximum atomic E-state index is 11.6. The van der Waals surface area contributed by atoms with Gasteiger partial charge in [0.1, 0.15) is 12.4 Å². The second-order valence-corrected chi connectivity index (χ2v) is 5.90. The lowest BCUT2D eigenvalue weighted by Crippen LogP contribution is -2.31. The van der Waals surface area contributed by atoms with Gasteiger partial charge in [0.05, 0.1) is 24.8 Å². The SMILES string of the molecule is CCC(C)C(=O)NCCOCCOc1ccc2cc(C#N)ccc2c1. The van der Waals surface area contributed by atoms with Crippen LogP contribution < -0.4 is 10.1 Å². The van der Waals surface area contributed by atoms with Gasteiger partial charge in [-0.1, -0.05) is 26.0 Å². The third kappa shape index (κ3) is 5.77. The molecule has 0 aliphatic heterocycles. The monoisotopic (exact) mass is 340 g/mol. The van der Waals surface area contributed by atoms with Crippen molar-refractivity contribution in [3.8, 4) is 11.8 Å². The molecular weight excluding hydrogens is 316 g/mol. The smallest absolute Gasteiger partial charge is 0.222 e. The predicted octanol–water partition coefficient (Wildman–Crippen LogP) is 3.27. The Morgan fingerprint density at radius 1 is 1.16 bits per heavy atom. The third-order valence-electron chi connectivity index (χ3n) is 4.04. The Labute approximate surface area is 148 Å². The highest BCUT2D eigenvalue weighted by Crippen LogP contribution is 2.21. The molecule has 0 aliphatic rings. The van der Waals surface area contributed by atoms with Crippen molar-refractivity contribution in [3.63, 3.8) is 0 Å². The minimum Gasteiger partial charge on any atom is -0.491 e. The normalized spacial score (nSPS) is 11.7. The van der Waals surface area contributed by atoms with E-state index in [-0.39, 0.29) is 11.8 Å². The van der Waals surface area contributed by atoms with Crippen LogP contribution in [0.1, 0.15) is 25.8 Å². The molecule has 0 aromatic heterocycles. The highest BCUT2D eigenvalue weighted by atomic mass is 16.5. The topological polar surface area (TPSA) is 71.3 Å². The number of rotatable bonds is 9. The van der Waals surface area contributed by atoms with Gasteiger partial charge in [0, 0.05) is 12.5 Å². The fourth-order valence-electron chi connectivity index (χ4n) is 2.31. The Hall–Kier alpha value is -2.58. The summed E-state index contributed by atoms with van der Waals surface area (Å²) in [5.41, 5.74) is 0.648. The molecule has 0 spiro atoms. The summed E-state index contributed by atoms with van der Waals surface area (Å²) in [6, 6.07) is 13.5. The van der Waals surface area contributed by atoms with E-state index in [1.807, 2.05) is 44.2 Å². The van der Waals surface area contributed by atoms with E-state index in [2.05, 4.69) is 11.4 Å². The van der Waals surface area contributed by atoms with Crippen molar-refractivity contribution >= 4 is 16.7 Å². The first-order chi connectivity index (χ1) is 12.1. The summed E-state index contributed by atoms with van der Waals surface area (Å²) in [7, 11) is 0. The highest BCUT2D eigenvalue weighted by Gasteiger charge is 2.08. The van der Waals surface area contributed by atoms with Gasteiger partial charge in [0.2, 0.25) is 5.91 Å². The van der Waals surface area contributed by atoms with Gasteiger partial charge in [0.25, 0.3) is 0 Å². The maximum absolute atomic E-state index is 11.6. The number of nitrogens with one attached hydrogen (secondary N) is 1. The Bertz CT molecular complexity index is 752. The van der Waals surface area contributed by atoms with Gasteiger partial charge in [-0.3, -0.25) is 4.79 Å². The Morgan fingerprint density at radius 2 is 1.92 bits per heavy atom. The molecule has 0 heterocycles. The average molecular weight is 340 g/mol. The number of nitrogens with zero attached hydrogens (tertiary/aromatic N) is 1. The molecule has 2 aromatic rings. The molecular formula is C20H24N2O3. The first kappa shape index (κ1) is 18.8. The van der Waals surface area contributed by atoms with E-state index in [0.717, 1.165) is 22.9 Å². The number of ether oxygens (including phenoxy) is 2. The van der Waals surface area contributed by atoms with Crippen LogP contribution in [0.25, 0.3) is 10.8 Å². The number of hydrogen-bond donors (Lipinski definition) is 1. The van der Waals surface area contributed by atoms with Gasteiger partial charge in [0.15, 0.2) is 0 Å². The zero-order valence-electron chi connectivity index (χ0n) is 14.7. The van der Waals surface area contributed by atoms with Crippen LogP contribution in [-0.4, -0.2) is 32.3 Å². The van der Waals surface area contributed by atoms with Crippen LogP contribution in [0.2, 0.25) is 0 Å². The summed E-state index contributed by atoms with van der Waals surface area (Å²) in [6.45, 7) is 5.80. The molecule has 1 N–H and O–H groups in total. The van der Waals surface area contributed by atoms with E-state index in [0.29, 0.717) is 31.9 Å². The molecule has 0 aliphatic carbocycles. The lowest BCUT2D eigenvalue weighted by Gasteiger charge is -2.11. The van der Waals surface area contributed by atoms with Gasteiger partial charge in [-0.2, -0.15) is 5.26 Å². The van der Waals surface area contributed by atoms with Crippen molar-refractivity contribution in [2.24, 2.45) is 5.92 Å². The molecule has 0 saturated carbocycles. The van der Waals surface area contributed by atoms with Crippen LogP contribution in [0, 0.1) is 17.2 Å². The van der Waals surface area contributed by atoms with Crippen LogP contribution in [-0.2, 0) is 9.53 Å². The van der Waals surface area contributed by atoms with Gasteiger partial charge < -0.3 is 14.8 Å². The molecule has 0 bridgehead atoms. The van der Waals surface area contributed by atoms with E-state index in [4.69, 9.17) is 14.7 Å². The fourth-order valence-corrected chi connectivity index (χ4v) is 2.31. The standard InChI is InChI=1S/C20H24N2O3/c1-3-15(2)20(23)22-8-9-24-10-11-25-19-7-6-17-12-16(14-21)4-5-18(17)13-19/h4-7,12-13,15H,3,8-11H2,1-2H3,(H,22,23). The number of hydrogen-bond acceptors (Lipinski definition) is 4. The molecule has 25 heavy (non-hydrogen) atoms. The van der Waals surface area contributed by atoms with E-state index in [1.165, 1.54) is 0 Å². The van der Waals surface area contributed by atoms with E-state index in [1.54, 1.807) is 6.07 Å². The van der Waals surface area contributed by atoms with Crippen molar-refractivity contribution in [2.45, 2.75) is 20.3 Å². The molecule has 1 amide bonds. The molecule has 0 radical (unpaired) electrons. The number of amides is 1. The van der Waals surface area contributed by atoms with E-state index >= 15 is 0 Å². The largest absolute Gasteiger partial charge is 0.491 e. The number of fused-ring (bicyclic) bond motifs is 1. The molecule has 2 rings (SSSR count). The van der Waals surface area contributed by atoms with Crippen molar-refractivity contribution in [2.75, 3.05) is 26.4 Å². The summed E-state index contributed by atoms with van der Waals surface area (Å²) >= 11 is 0. The Balaban J connectivity index is 1.68. The molecule has 1 unspecified atom stereocenters. The third-order valence-corrected chi connectivity index (χ3v) is 4.04. The molecule has 1 atom stereocenters. The lowest BCUT2D eigenvalue weighted by atomic mass is 10.1. The minimum absolute atomic E-state index is 0.0421. The second-order valence-electron chi connectivity index (χ2n) is 5.90. The number of nitriles is 1. The van der Waals surface area contributed by atoms with Crippen LogP contribution in [0.5, 0.6) is 5.75 Å². The molecule has 2 aromatic carbocycles. The van der Waals surface area contributed by atoms with Gasteiger partial charge in [-0.05, 0) is 41.5 Å². The predicted molar refractivity (Wildman–Crippen MR) is 97.4 cm³/mol. The Kier molecular flexibility index (Phi) is 7.24. The van der Waals surface area contributed by atoms with Crippen LogP contribution in [0.4, 0.5) is 0 Å². The van der Waals surface area contributed by atoms with Crippen molar-refractivity contribution in [3.05, 3.63) is 42.0 Å². The summed E-state index contributed by atoms with van der Waals surface area (Å²) in [5.74, 6) is 0.879. The Morgan fingerprint density at radius 3 is 2.68 bits per heavy atom. The minimum atomic E-state index is 0.0421. The molecule has 0 saturated heterocycles. The van der Waals surface area contributed by atoms with Crippen LogP contribution >= 0.6 is 0 Å². The summed E-state index contributed by atoms with van der Waals surface area (Å²) in [4.78, 5) is 11.6. The van der Waals surface area contributed by atoms with Crippen LogP contribution in [0.3, 0.4) is 0 Å². The van der Waals surface area contributed by atoms with Crippen molar-refractivity contribution < 1.29 is 14.3 Å². The van der Waals surface area contributed by atoms with Gasteiger partial charge >= 0.3 is 0 Å². The maximum Gasteiger partial charge on any atom is 0.222 e.